The Bertz CT molecular complexity index is 414. The summed E-state index contributed by atoms with van der Waals surface area (Å²) in [7, 11) is 1.47. The molecule has 1 aliphatic heterocycles. The molecule has 5 heteroatoms. The molecule has 2 rings (SSSR count). The van der Waals surface area contributed by atoms with E-state index in [0.29, 0.717) is 11.3 Å². The Kier molecular flexibility index (Phi) is 3.49. The lowest BCUT2D eigenvalue weighted by Gasteiger charge is -2.12. The van der Waals surface area contributed by atoms with Gasteiger partial charge in [0.1, 0.15) is 0 Å². The number of phenolic OH excluding ortho intramolecular Hbond substituents is 1. The van der Waals surface area contributed by atoms with Crippen molar-refractivity contribution in [3.05, 3.63) is 23.8 Å². The number of benzene rings is 1. The molecule has 5 nitrogen and oxygen atoms in total. The van der Waals surface area contributed by atoms with Crippen molar-refractivity contribution in [3.8, 4) is 11.5 Å². The minimum Gasteiger partial charge on any atom is -0.504 e. The average Bonchev–Trinajstić information content (AvgIpc) is 2.81. The summed E-state index contributed by atoms with van der Waals surface area (Å²) in [6.45, 7) is 1.73. The summed E-state index contributed by atoms with van der Waals surface area (Å²) in [5, 5.41) is 15.7. The topological polar surface area (TPSA) is 70.6 Å². The highest BCUT2D eigenvalue weighted by atomic mass is 16.5. The number of carbonyl (C=O) groups is 1. The Morgan fingerprint density at radius 2 is 2.41 bits per heavy atom. The molecule has 1 aliphatic rings. The number of rotatable bonds is 3. The molecule has 1 saturated heterocycles. The fourth-order valence-electron chi connectivity index (χ4n) is 1.88. The molecular weight excluding hydrogens is 220 g/mol. The standard InChI is InChI=1S/C12H16N2O3/c1-17-11-3-2-8(6-10(11)15)12(16)14-9-4-5-13-7-9/h2-3,6,9,13,15H,4-5,7H2,1H3,(H,14,16)/t9-/m0/s1. The van der Waals surface area contributed by atoms with Crippen LogP contribution in [0.25, 0.3) is 0 Å². The SMILES string of the molecule is COc1ccc(C(=O)N[C@H]2CCNC2)cc1O. The molecule has 0 radical (unpaired) electrons. The molecule has 0 saturated carbocycles. The van der Waals surface area contributed by atoms with Gasteiger partial charge in [-0.2, -0.15) is 0 Å². The molecule has 3 N–H and O–H groups in total. The van der Waals surface area contributed by atoms with Gasteiger partial charge >= 0.3 is 0 Å². The molecule has 0 spiro atoms. The van der Waals surface area contributed by atoms with Gasteiger partial charge in [-0.3, -0.25) is 4.79 Å². The van der Waals surface area contributed by atoms with Gasteiger partial charge in [0.15, 0.2) is 11.5 Å². The molecule has 0 bridgehead atoms. The van der Waals surface area contributed by atoms with Crippen LogP contribution < -0.4 is 15.4 Å². The van der Waals surface area contributed by atoms with E-state index in [4.69, 9.17) is 4.74 Å². The van der Waals surface area contributed by atoms with E-state index in [1.165, 1.54) is 13.2 Å². The fraction of sp³-hybridized carbons (Fsp3) is 0.417. The van der Waals surface area contributed by atoms with Gasteiger partial charge in [0, 0.05) is 18.2 Å². The van der Waals surface area contributed by atoms with Crippen molar-refractivity contribution in [2.75, 3.05) is 20.2 Å². The van der Waals surface area contributed by atoms with E-state index < -0.39 is 0 Å². The summed E-state index contributed by atoms with van der Waals surface area (Å²) in [4.78, 5) is 11.9. The highest BCUT2D eigenvalue weighted by Gasteiger charge is 2.18. The number of aromatic hydroxyl groups is 1. The average molecular weight is 236 g/mol. The van der Waals surface area contributed by atoms with E-state index in [1.807, 2.05) is 0 Å². The van der Waals surface area contributed by atoms with Crippen LogP contribution in [0.1, 0.15) is 16.8 Å². The van der Waals surface area contributed by atoms with Gasteiger partial charge in [-0.05, 0) is 31.2 Å². The van der Waals surface area contributed by atoms with Crippen LogP contribution in [0.4, 0.5) is 0 Å². The van der Waals surface area contributed by atoms with Crippen molar-refractivity contribution in [3.63, 3.8) is 0 Å². The zero-order valence-electron chi connectivity index (χ0n) is 9.69. The van der Waals surface area contributed by atoms with Gasteiger partial charge in [0.05, 0.1) is 7.11 Å². The third-order valence-electron chi connectivity index (χ3n) is 2.84. The molecule has 1 heterocycles. The van der Waals surface area contributed by atoms with Gasteiger partial charge in [0.2, 0.25) is 0 Å². The first-order valence-corrected chi connectivity index (χ1v) is 5.59. The molecule has 1 aromatic rings. The fourth-order valence-corrected chi connectivity index (χ4v) is 1.88. The van der Waals surface area contributed by atoms with Gasteiger partial charge in [-0.15, -0.1) is 0 Å². The highest BCUT2D eigenvalue weighted by molar-refractivity contribution is 5.95. The lowest BCUT2D eigenvalue weighted by molar-refractivity contribution is 0.0939. The number of hydrogen-bond donors (Lipinski definition) is 3. The Morgan fingerprint density at radius 3 is 3.00 bits per heavy atom. The van der Waals surface area contributed by atoms with Crippen molar-refractivity contribution in [2.24, 2.45) is 0 Å². The van der Waals surface area contributed by atoms with E-state index in [-0.39, 0.29) is 17.7 Å². The summed E-state index contributed by atoms with van der Waals surface area (Å²) >= 11 is 0. The quantitative estimate of drug-likeness (QED) is 0.714. The molecule has 92 valence electrons. The number of methoxy groups -OCH3 is 1. The first-order valence-electron chi connectivity index (χ1n) is 5.59. The van der Waals surface area contributed by atoms with Crippen LogP contribution >= 0.6 is 0 Å². The number of ether oxygens (including phenoxy) is 1. The number of phenols is 1. The van der Waals surface area contributed by atoms with Gasteiger partial charge in [0.25, 0.3) is 5.91 Å². The molecule has 0 aliphatic carbocycles. The second-order valence-corrected chi connectivity index (χ2v) is 4.05. The predicted octanol–water partition coefficient (Wildman–Crippen LogP) is 0.492. The summed E-state index contributed by atoms with van der Waals surface area (Å²) in [6.07, 6.45) is 0.938. The lowest BCUT2D eigenvalue weighted by Crippen LogP contribution is -2.36. The van der Waals surface area contributed by atoms with E-state index in [1.54, 1.807) is 12.1 Å². The second-order valence-electron chi connectivity index (χ2n) is 4.05. The van der Waals surface area contributed by atoms with Crippen LogP contribution in [0.5, 0.6) is 11.5 Å². The number of carbonyl (C=O) groups excluding carboxylic acids is 1. The summed E-state index contributed by atoms with van der Waals surface area (Å²) in [5.74, 6) is 0.172. The zero-order chi connectivity index (χ0) is 12.3. The Morgan fingerprint density at radius 1 is 1.59 bits per heavy atom. The molecule has 0 unspecified atom stereocenters. The molecular formula is C12H16N2O3. The maximum Gasteiger partial charge on any atom is 0.251 e. The Balaban J connectivity index is 2.05. The van der Waals surface area contributed by atoms with Crippen molar-refractivity contribution in [1.82, 2.24) is 10.6 Å². The van der Waals surface area contributed by atoms with E-state index in [2.05, 4.69) is 10.6 Å². The van der Waals surface area contributed by atoms with Crippen LogP contribution in [0.2, 0.25) is 0 Å². The minimum absolute atomic E-state index is 0.0234. The van der Waals surface area contributed by atoms with Crippen LogP contribution in [0, 0.1) is 0 Å². The molecule has 0 aromatic heterocycles. The molecule has 17 heavy (non-hydrogen) atoms. The second kappa shape index (κ2) is 5.05. The smallest absolute Gasteiger partial charge is 0.251 e. The van der Waals surface area contributed by atoms with Crippen LogP contribution in [0.3, 0.4) is 0 Å². The Labute approximate surface area is 99.8 Å². The normalized spacial score (nSPS) is 19.0. The van der Waals surface area contributed by atoms with Crippen molar-refractivity contribution in [2.45, 2.75) is 12.5 Å². The third-order valence-corrected chi connectivity index (χ3v) is 2.84. The monoisotopic (exact) mass is 236 g/mol. The van der Waals surface area contributed by atoms with Crippen LogP contribution in [-0.2, 0) is 0 Å². The van der Waals surface area contributed by atoms with Crippen LogP contribution in [-0.4, -0.2) is 37.3 Å². The van der Waals surface area contributed by atoms with Crippen molar-refractivity contribution in [1.29, 1.82) is 0 Å². The number of hydrogen-bond acceptors (Lipinski definition) is 4. The third kappa shape index (κ3) is 2.68. The first-order chi connectivity index (χ1) is 8.20. The van der Waals surface area contributed by atoms with Crippen molar-refractivity contribution >= 4 is 5.91 Å². The van der Waals surface area contributed by atoms with Gasteiger partial charge in [-0.1, -0.05) is 0 Å². The number of nitrogens with one attached hydrogen (secondary N) is 2. The van der Waals surface area contributed by atoms with Crippen LogP contribution in [0.15, 0.2) is 18.2 Å². The van der Waals surface area contributed by atoms with Gasteiger partial charge in [-0.25, -0.2) is 0 Å². The molecule has 1 amide bonds. The summed E-state index contributed by atoms with van der Waals surface area (Å²) in [5.41, 5.74) is 0.440. The summed E-state index contributed by atoms with van der Waals surface area (Å²) < 4.78 is 4.92. The maximum absolute atomic E-state index is 11.9. The van der Waals surface area contributed by atoms with E-state index in [9.17, 15) is 9.90 Å². The molecule has 1 fully saturated rings. The Hall–Kier alpha value is -1.75. The molecule has 1 atom stereocenters. The molecule has 1 aromatic carbocycles. The predicted molar refractivity (Wildman–Crippen MR) is 63.4 cm³/mol. The van der Waals surface area contributed by atoms with Gasteiger partial charge < -0.3 is 20.5 Å². The summed E-state index contributed by atoms with van der Waals surface area (Å²) in [6, 6.07) is 4.80. The minimum atomic E-state index is -0.170. The lowest BCUT2D eigenvalue weighted by atomic mass is 10.1. The maximum atomic E-state index is 11.9. The number of amides is 1. The van der Waals surface area contributed by atoms with E-state index in [0.717, 1.165) is 19.5 Å². The van der Waals surface area contributed by atoms with E-state index >= 15 is 0 Å². The van der Waals surface area contributed by atoms with Crippen molar-refractivity contribution < 1.29 is 14.6 Å². The highest BCUT2D eigenvalue weighted by Crippen LogP contribution is 2.26. The zero-order valence-corrected chi connectivity index (χ0v) is 9.69. The largest absolute Gasteiger partial charge is 0.504 e. The first kappa shape index (κ1) is 11.7.